The predicted octanol–water partition coefficient (Wildman–Crippen LogP) is 3.29. The molecule has 2 N–H and O–H groups in total. The largest absolute Gasteiger partial charge is 0.493 e. The first-order valence-corrected chi connectivity index (χ1v) is 8.49. The lowest BCUT2D eigenvalue weighted by molar-refractivity contribution is 0.352. The lowest BCUT2D eigenvalue weighted by Crippen LogP contribution is -2.37. The second-order valence-electron chi connectivity index (χ2n) is 5.54. The van der Waals surface area contributed by atoms with Crippen LogP contribution in [0, 0.1) is 0 Å². The van der Waals surface area contributed by atoms with E-state index in [9.17, 15) is 0 Å². The molecule has 24 heavy (non-hydrogen) atoms. The highest BCUT2D eigenvalue weighted by Gasteiger charge is 2.11. The molecule has 0 spiro atoms. The zero-order valence-electron chi connectivity index (χ0n) is 15.4. The summed E-state index contributed by atoms with van der Waals surface area (Å²) in [6, 6.07) is 4.10. The maximum atomic E-state index is 5.47. The number of nitrogens with one attached hydrogen (secondary N) is 2. The summed E-state index contributed by atoms with van der Waals surface area (Å²) in [5.41, 5.74) is 2.18. The van der Waals surface area contributed by atoms with Gasteiger partial charge in [0.2, 0.25) is 0 Å². The summed E-state index contributed by atoms with van der Waals surface area (Å²) in [5, 5.41) is 6.67. The lowest BCUT2D eigenvalue weighted by Gasteiger charge is -2.16. The highest BCUT2D eigenvalue weighted by atomic mass is 16.5. The van der Waals surface area contributed by atoms with E-state index in [-0.39, 0.29) is 0 Å². The Kier molecular flexibility index (Phi) is 9.42. The average Bonchev–Trinajstić information content (AvgIpc) is 2.61. The zero-order chi connectivity index (χ0) is 17.8. The molecule has 0 heterocycles. The molecule has 0 bridgehead atoms. The van der Waals surface area contributed by atoms with Crippen LogP contribution in [0.1, 0.15) is 37.3 Å². The van der Waals surface area contributed by atoms with Crippen molar-refractivity contribution in [3.05, 3.63) is 35.9 Å². The van der Waals surface area contributed by atoms with Gasteiger partial charge in [-0.1, -0.05) is 25.8 Å². The average molecular weight is 333 g/mol. The van der Waals surface area contributed by atoms with Crippen LogP contribution < -0.4 is 20.1 Å². The lowest BCUT2D eigenvalue weighted by atomic mass is 10.1. The summed E-state index contributed by atoms with van der Waals surface area (Å²) in [6.45, 7) is 7.61. The maximum Gasteiger partial charge on any atom is 0.191 e. The van der Waals surface area contributed by atoms with Crippen molar-refractivity contribution in [1.29, 1.82) is 0 Å². The van der Waals surface area contributed by atoms with E-state index in [2.05, 4.69) is 35.2 Å². The van der Waals surface area contributed by atoms with Gasteiger partial charge in [-0.25, -0.2) is 0 Å². The number of guanidine groups is 1. The molecule has 0 saturated heterocycles. The van der Waals surface area contributed by atoms with Crippen molar-refractivity contribution < 1.29 is 9.47 Å². The fraction of sp³-hybridized carbons (Fsp3) is 0.526. The van der Waals surface area contributed by atoms with Crippen LogP contribution in [0.4, 0.5) is 0 Å². The quantitative estimate of drug-likeness (QED) is 0.299. The summed E-state index contributed by atoms with van der Waals surface area (Å²) < 4.78 is 10.9. The second kappa shape index (κ2) is 11.4. The summed E-state index contributed by atoms with van der Waals surface area (Å²) in [6.07, 6.45) is 6.19. The molecule has 0 aliphatic carbocycles. The summed E-state index contributed by atoms with van der Waals surface area (Å²) in [4.78, 5) is 4.26. The first-order chi connectivity index (χ1) is 11.7. The SMILES string of the molecule is C=CCc1cc(CNC(=NC)NCCCCC)cc(OC)c1OC. The Morgan fingerprint density at radius 1 is 1.21 bits per heavy atom. The number of nitrogens with zero attached hydrogens (tertiary/aromatic N) is 1. The van der Waals surface area contributed by atoms with Crippen molar-refractivity contribution in [3.63, 3.8) is 0 Å². The van der Waals surface area contributed by atoms with Crippen LogP contribution in [0.5, 0.6) is 11.5 Å². The van der Waals surface area contributed by atoms with E-state index in [0.717, 1.165) is 48.0 Å². The van der Waals surface area contributed by atoms with Crippen molar-refractivity contribution in [3.8, 4) is 11.5 Å². The first kappa shape index (κ1) is 19.9. The van der Waals surface area contributed by atoms with Gasteiger partial charge in [-0.15, -0.1) is 6.58 Å². The number of rotatable bonds is 10. The third-order valence-corrected chi connectivity index (χ3v) is 3.74. The van der Waals surface area contributed by atoms with E-state index < -0.39 is 0 Å². The third kappa shape index (κ3) is 6.14. The normalized spacial score (nSPS) is 11.1. The van der Waals surface area contributed by atoms with Gasteiger partial charge in [-0.3, -0.25) is 4.99 Å². The number of ether oxygens (including phenoxy) is 2. The molecule has 0 atom stereocenters. The van der Waals surface area contributed by atoms with Crippen LogP contribution in [0.15, 0.2) is 29.8 Å². The van der Waals surface area contributed by atoms with Crippen LogP contribution in [-0.2, 0) is 13.0 Å². The fourth-order valence-electron chi connectivity index (χ4n) is 2.50. The predicted molar refractivity (Wildman–Crippen MR) is 101 cm³/mol. The van der Waals surface area contributed by atoms with Gasteiger partial charge in [0.25, 0.3) is 0 Å². The van der Waals surface area contributed by atoms with Crippen LogP contribution in [0.25, 0.3) is 0 Å². The molecule has 1 aromatic carbocycles. The minimum atomic E-state index is 0.665. The number of unbranched alkanes of at least 4 members (excludes halogenated alkanes) is 2. The van der Waals surface area contributed by atoms with Crippen molar-refractivity contribution >= 4 is 5.96 Å². The monoisotopic (exact) mass is 333 g/mol. The Labute approximate surface area is 146 Å². The number of aliphatic imine (C=N–C) groups is 1. The second-order valence-corrected chi connectivity index (χ2v) is 5.54. The number of hydrogen-bond donors (Lipinski definition) is 2. The number of hydrogen-bond acceptors (Lipinski definition) is 3. The molecule has 0 saturated carbocycles. The van der Waals surface area contributed by atoms with Crippen molar-refractivity contribution in [2.45, 2.75) is 39.2 Å². The number of methoxy groups -OCH3 is 2. The van der Waals surface area contributed by atoms with Gasteiger partial charge in [0.05, 0.1) is 14.2 Å². The van der Waals surface area contributed by atoms with Crippen LogP contribution >= 0.6 is 0 Å². The molecule has 134 valence electrons. The minimum Gasteiger partial charge on any atom is -0.493 e. The zero-order valence-corrected chi connectivity index (χ0v) is 15.4. The van der Waals surface area contributed by atoms with E-state index in [1.807, 2.05) is 12.1 Å². The van der Waals surface area contributed by atoms with E-state index >= 15 is 0 Å². The maximum absolute atomic E-state index is 5.47. The van der Waals surface area contributed by atoms with Crippen LogP contribution in [0.2, 0.25) is 0 Å². The van der Waals surface area contributed by atoms with E-state index in [0.29, 0.717) is 6.54 Å². The molecule has 5 heteroatoms. The summed E-state index contributed by atoms with van der Waals surface area (Å²) in [5.74, 6) is 2.31. The Morgan fingerprint density at radius 2 is 2.00 bits per heavy atom. The Bertz CT molecular complexity index is 542. The van der Waals surface area contributed by atoms with Gasteiger partial charge in [0.15, 0.2) is 17.5 Å². The van der Waals surface area contributed by atoms with Gasteiger partial charge >= 0.3 is 0 Å². The molecule has 0 unspecified atom stereocenters. The molecular formula is C19H31N3O2. The van der Waals surface area contributed by atoms with Crippen molar-refractivity contribution in [2.24, 2.45) is 4.99 Å². The van der Waals surface area contributed by atoms with E-state index in [1.165, 1.54) is 12.8 Å². The Morgan fingerprint density at radius 3 is 2.58 bits per heavy atom. The molecule has 0 aromatic heterocycles. The molecule has 5 nitrogen and oxygen atoms in total. The molecule has 0 aliphatic rings. The van der Waals surface area contributed by atoms with Gasteiger partial charge < -0.3 is 20.1 Å². The highest BCUT2D eigenvalue weighted by molar-refractivity contribution is 5.79. The van der Waals surface area contributed by atoms with Gasteiger partial charge in [-0.05, 0) is 30.5 Å². The first-order valence-electron chi connectivity index (χ1n) is 8.49. The molecule has 1 aromatic rings. The Balaban J connectivity index is 2.75. The molecule has 1 rings (SSSR count). The Hall–Kier alpha value is -2.17. The third-order valence-electron chi connectivity index (χ3n) is 3.74. The molecule has 0 amide bonds. The van der Waals surface area contributed by atoms with Gasteiger partial charge in [0.1, 0.15) is 0 Å². The fourth-order valence-corrected chi connectivity index (χ4v) is 2.50. The smallest absolute Gasteiger partial charge is 0.191 e. The molecule has 0 radical (unpaired) electrons. The molecule has 0 fully saturated rings. The standard InChI is InChI=1S/C19H31N3O2/c1-6-8-9-11-21-19(20-3)22-14-15-12-16(10-7-2)18(24-5)17(13-15)23-4/h7,12-13H,2,6,8-11,14H2,1,3-5H3,(H2,20,21,22). The highest BCUT2D eigenvalue weighted by Crippen LogP contribution is 2.33. The van der Waals surface area contributed by atoms with Gasteiger partial charge in [0, 0.05) is 25.7 Å². The summed E-state index contributed by atoms with van der Waals surface area (Å²) >= 11 is 0. The van der Waals surface area contributed by atoms with Gasteiger partial charge in [-0.2, -0.15) is 0 Å². The van der Waals surface area contributed by atoms with E-state index in [4.69, 9.17) is 9.47 Å². The van der Waals surface area contributed by atoms with Crippen LogP contribution in [-0.4, -0.2) is 33.8 Å². The van der Waals surface area contributed by atoms with Crippen molar-refractivity contribution in [2.75, 3.05) is 27.8 Å². The van der Waals surface area contributed by atoms with E-state index in [1.54, 1.807) is 21.3 Å². The topological polar surface area (TPSA) is 54.9 Å². The minimum absolute atomic E-state index is 0.665. The summed E-state index contributed by atoms with van der Waals surface area (Å²) in [7, 11) is 5.10. The number of benzene rings is 1. The van der Waals surface area contributed by atoms with Crippen LogP contribution in [0.3, 0.4) is 0 Å². The van der Waals surface area contributed by atoms with Crippen molar-refractivity contribution in [1.82, 2.24) is 10.6 Å². The molecule has 0 aliphatic heterocycles. The molecular weight excluding hydrogens is 302 g/mol. The number of allylic oxidation sites excluding steroid dienone is 1.